The highest BCUT2D eigenvalue weighted by molar-refractivity contribution is 5.41. The number of benzene rings is 1. The molecule has 0 bridgehead atoms. The molecule has 0 aliphatic carbocycles. The normalized spacial score (nSPS) is 19.4. The van der Waals surface area contributed by atoms with E-state index in [1.54, 1.807) is 0 Å². The van der Waals surface area contributed by atoms with Crippen molar-refractivity contribution in [3.8, 4) is 6.07 Å². The van der Waals surface area contributed by atoms with Crippen LogP contribution in [0.2, 0.25) is 0 Å². The highest BCUT2D eigenvalue weighted by atomic mass is 15.2. The summed E-state index contributed by atoms with van der Waals surface area (Å²) in [7, 11) is 0. The van der Waals surface area contributed by atoms with Gasteiger partial charge in [-0.1, -0.05) is 31.0 Å². The molecule has 0 radical (unpaired) electrons. The Bertz CT molecular complexity index is 484. The molecule has 2 rings (SSSR count). The van der Waals surface area contributed by atoms with E-state index < -0.39 is 0 Å². The molecule has 2 unspecified atom stereocenters. The Morgan fingerprint density at radius 2 is 1.60 bits per heavy atom. The lowest BCUT2D eigenvalue weighted by Crippen LogP contribution is -2.41. The molecule has 20 heavy (non-hydrogen) atoms. The second-order valence-electron chi connectivity index (χ2n) is 6.27. The van der Waals surface area contributed by atoms with Crippen LogP contribution in [0.4, 0.5) is 0 Å². The third kappa shape index (κ3) is 3.04. The first-order valence-corrected chi connectivity index (χ1v) is 7.76. The minimum atomic E-state index is 0.00964. The van der Waals surface area contributed by atoms with E-state index in [9.17, 15) is 5.26 Å². The summed E-state index contributed by atoms with van der Waals surface area (Å²) in [6.45, 7) is 10.9. The Morgan fingerprint density at radius 1 is 1.05 bits per heavy atom. The van der Waals surface area contributed by atoms with Gasteiger partial charge in [0.1, 0.15) is 6.04 Å². The smallest absolute Gasteiger partial charge is 0.104 e. The fourth-order valence-electron chi connectivity index (χ4n) is 3.77. The van der Waals surface area contributed by atoms with E-state index in [0.717, 1.165) is 13.1 Å². The average Bonchev–Trinajstić information content (AvgIpc) is 2.39. The van der Waals surface area contributed by atoms with E-state index >= 15 is 0 Å². The minimum Gasteiger partial charge on any atom is -0.288 e. The van der Waals surface area contributed by atoms with Crippen LogP contribution in [0, 0.1) is 32.1 Å². The number of hydrogen-bond donors (Lipinski definition) is 0. The highest BCUT2D eigenvalue weighted by Crippen LogP contribution is 2.30. The summed E-state index contributed by atoms with van der Waals surface area (Å²) in [5.74, 6) is 0.277. The maximum atomic E-state index is 9.65. The van der Waals surface area contributed by atoms with Gasteiger partial charge in [-0.25, -0.2) is 0 Å². The van der Waals surface area contributed by atoms with Crippen LogP contribution in [0.25, 0.3) is 0 Å². The van der Waals surface area contributed by atoms with Crippen LogP contribution in [0.1, 0.15) is 54.4 Å². The van der Waals surface area contributed by atoms with E-state index in [2.05, 4.69) is 50.8 Å². The zero-order chi connectivity index (χ0) is 14.7. The summed E-state index contributed by atoms with van der Waals surface area (Å²) in [4.78, 5) is 2.38. The number of rotatable bonds is 3. The fourth-order valence-corrected chi connectivity index (χ4v) is 3.77. The standard InChI is InChI=1S/C18H26N2/c1-13-10-14(2)18(15(3)11-13)16(4)17(12-19)20-8-6-5-7-9-20/h10-11,16-17H,5-9H2,1-4H3. The first kappa shape index (κ1) is 15.1. The van der Waals surface area contributed by atoms with Crippen LogP contribution < -0.4 is 0 Å². The number of nitrogens with zero attached hydrogens (tertiary/aromatic N) is 2. The lowest BCUT2D eigenvalue weighted by atomic mass is 9.85. The summed E-state index contributed by atoms with van der Waals surface area (Å²) in [5, 5.41) is 9.65. The fraction of sp³-hybridized carbons (Fsp3) is 0.611. The van der Waals surface area contributed by atoms with E-state index in [1.807, 2.05) is 0 Å². The number of likely N-dealkylation sites (tertiary alicyclic amines) is 1. The monoisotopic (exact) mass is 270 g/mol. The molecule has 0 spiro atoms. The second kappa shape index (κ2) is 6.41. The molecule has 0 saturated carbocycles. The Labute approximate surface area is 123 Å². The van der Waals surface area contributed by atoms with Crippen molar-refractivity contribution >= 4 is 0 Å². The van der Waals surface area contributed by atoms with Crippen molar-refractivity contribution in [3.05, 3.63) is 34.4 Å². The highest BCUT2D eigenvalue weighted by Gasteiger charge is 2.28. The van der Waals surface area contributed by atoms with Crippen molar-refractivity contribution in [1.29, 1.82) is 5.26 Å². The largest absolute Gasteiger partial charge is 0.288 e. The number of aryl methyl sites for hydroxylation is 3. The van der Waals surface area contributed by atoms with Crippen molar-refractivity contribution in [2.45, 2.75) is 58.9 Å². The predicted octanol–water partition coefficient (Wildman–Crippen LogP) is 4.09. The van der Waals surface area contributed by atoms with Crippen LogP contribution in [-0.2, 0) is 0 Å². The maximum Gasteiger partial charge on any atom is 0.104 e. The van der Waals surface area contributed by atoms with Gasteiger partial charge in [0.15, 0.2) is 0 Å². The van der Waals surface area contributed by atoms with Crippen molar-refractivity contribution in [1.82, 2.24) is 4.90 Å². The summed E-state index contributed by atoms with van der Waals surface area (Å²) >= 11 is 0. The molecule has 1 aromatic carbocycles. The van der Waals surface area contributed by atoms with Crippen LogP contribution in [0.5, 0.6) is 0 Å². The molecule has 0 amide bonds. The molecular formula is C18H26N2. The number of hydrogen-bond acceptors (Lipinski definition) is 2. The molecule has 108 valence electrons. The van der Waals surface area contributed by atoms with Gasteiger partial charge in [0.05, 0.1) is 6.07 Å². The summed E-state index contributed by atoms with van der Waals surface area (Å²) < 4.78 is 0. The van der Waals surface area contributed by atoms with Crippen molar-refractivity contribution < 1.29 is 0 Å². The molecular weight excluding hydrogens is 244 g/mol. The van der Waals surface area contributed by atoms with E-state index in [0.29, 0.717) is 0 Å². The van der Waals surface area contributed by atoms with Gasteiger partial charge < -0.3 is 0 Å². The Hall–Kier alpha value is -1.33. The Balaban J connectivity index is 2.29. The molecule has 1 aliphatic heterocycles. The van der Waals surface area contributed by atoms with Gasteiger partial charge >= 0.3 is 0 Å². The van der Waals surface area contributed by atoms with Crippen LogP contribution in [0.3, 0.4) is 0 Å². The van der Waals surface area contributed by atoms with Gasteiger partial charge in [0, 0.05) is 5.92 Å². The van der Waals surface area contributed by atoms with Gasteiger partial charge in [0.2, 0.25) is 0 Å². The summed E-state index contributed by atoms with van der Waals surface area (Å²) in [6, 6.07) is 7.05. The average molecular weight is 270 g/mol. The zero-order valence-corrected chi connectivity index (χ0v) is 13.2. The SMILES string of the molecule is Cc1cc(C)c(C(C)C(C#N)N2CCCCC2)c(C)c1. The second-order valence-corrected chi connectivity index (χ2v) is 6.27. The molecule has 0 N–H and O–H groups in total. The molecule has 1 fully saturated rings. The van der Waals surface area contributed by atoms with Gasteiger partial charge in [-0.2, -0.15) is 5.26 Å². The predicted molar refractivity (Wildman–Crippen MR) is 83.9 cm³/mol. The van der Waals surface area contributed by atoms with Crippen LogP contribution in [-0.4, -0.2) is 24.0 Å². The number of nitriles is 1. The van der Waals surface area contributed by atoms with Gasteiger partial charge in [0.25, 0.3) is 0 Å². The molecule has 0 aromatic heterocycles. The van der Waals surface area contributed by atoms with Crippen molar-refractivity contribution in [2.24, 2.45) is 0 Å². The van der Waals surface area contributed by atoms with Gasteiger partial charge in [-0.05, 0) is 63.4 Å². The van der Waals surface area contributed by atoms with Gasteiger partial charge in [-0.15, -0.1) is 0 Å². The van der Waals surface area contributed by atoms with Crippen LogP contribution >= 0.6 is 0 Å². The van der Waals surface area contributed by atoms with Crippen molar-refractivity contribution in [3.63, 3.8) is 0 Å². The zero-order valence-electron chi connectivity index (χ0n) is 13.2. The minimum absolute atomic E-state index is 0.00964. The summed E-state index contributed by atoms with van der Waals surface area (Å²) in [5.41, 5.74) is 5.33. The lowest BCUT2D eigenvalue weighted by molar-refractivity contribution is 0.178. The first-order chi connectivity index (χ1) is 9.54. The molecule has 1 saturated heterocycles. The van der Waals surface area contributed by atoms with E-state index in [4.69, 9.17) is 0 Å². The number of piperidine rings is 1. The summed E-state index contributed by atoms with van der Waals surface area (Å²) in [6.07, 6.45) is 3.78. The third-order valence-corrected chi connectivity index (χ3v) is 4.58. The lowest BCUT2D eigenvalue weighted by Gasteiger charge is -2.35. The van der Waals surface area contributed by atoms with Crippen LogP contribution in [0.15, 0.2) is 12.1 Å². The molecule has 1 aliphatic rings. The molecule has 2 atom stereocenters. The third-order valence-electron chi connectivity index (χ3n) is 4.58. The van der Waals surface area contributed by atoms with Gasteiger partial charge in [-0.3, -0.25) is 4.90 Å². The van der Waals surface area contributed by atoms with Crippen molar-refractivity contribution in [2.75, 3.05) is 13.1 Å². The van der Waals surface area contributed by atoms with E-state index in [-0.39, 0.29) is 12.0 Å². The molecule has 1 aromatic rings. The Kier molecular flexibility index (Phi) is 4.83. The first-order valence-electron chi connectivity index (χ1n) is 7.76. The molecule has 2 nitrogen and oxygen atoms in total. The van der Waals surface area contributed by atoms with E-state index in [1.165, 1.54) is 41.5 Å². The Morgan fingerprint density at radius 3 is 2.10 bits per heavy atom. The topological polar surface area (TPSA) is 27.0 Å². The maximum absolute atomic E-state index is 9.65. The molecule has 2 heteroatoms. The quantitative estimate of drug-likeness (QED) is 0.827. The molecule has 1 heterocycles.